The first-order valence-corrected chi connectivity index (χ1v) is 2.90. The van der Waals surface area contributed by atoms with Crippen LogP contribution in [0.15, 0.2) is 12.7 Å². The Kier molecular flexibility index (Phi) is 9.47. The number of carbonyl (C=O) groups is 1. The number of carboxylic acid groups (broad SMARTS) is 2. The van der Waals surface area contributed by atoms with Gasteiger partial charge in [-0.2, -0.15) is 10.5 Å². The molecule has 0 bridgehead atoms. The van der Waals surface area contributed by atoms with E-state index in [0.717, 1.165) is 0 Å². The van der Waals surface area contributed by atoms with E-state index < -0.39 is 12.1 Å². The average Bonchev–Trinajstić information content (AvgIpc) is 1.99. The van der Waals surface area contributed by atoms with Crippen LogP contribution in [0.3, 0.4) is 0 Å². The summed E-state index contributed by atoms with van der Waals surface area (Å²) in [6, 6.07) is 3.64. The molecule has 0 unspecified atom stereocenters. The Hall–Kier alpha value is -2.01. The third kappa shape index (κ3) is 15.7. The number of nitrogens with zero attached hydrogens (tertiary/aromatic N) is 2. The van der Waals surface area contributed by atoms with Crippen molar-refractivity contribution in [2.45, 2.75) is 6.42 Å². The molecule has 0 spiro atoms. The lowest BCUT2D eigenvalue weighted by atomic mass is 10.1. The van der Waals surface area contributed by atoms with Crippen LogP contribution in [0.5, 0.6) is 0 Å². The van der Waals surface area contributed by atoms with Crippen molar-refractivity contribution in [3.05, 3.63) is 12.7 Å². The highest BCUT2D eigenvalue weighted by molar-refractivity contribution is 5.53. The lowest BCUT2D eigenvalue weighted by Crippen LogP contribution is -1.87. The molecule has 0 aromatic heterocycles. The average molecular weight is 168 g/mol. The van der Waals surface area contributed by atoms with Gasteiger partial charge < -0.3 is 10.2 Å². The second kappa shape index (κ2) is 8.99. The fourth-order valence-electron chi connectivity index (χ4n) is 0.301. The molecule has 64 valence electrons. The van der Waals surface area contributed by atoms with E-state index in [0.29, 0.717) is 6.42 Å². The van der Waals surface area contributed by atoms with Gasteiger partial charge in [-0.15, -0.1) is 6.58 Å². The summed E-state index contributed by atoms with van der Waals surface area (Å²) in [4.78, 5) is 8.56. The van der Waals surface area contributed by atoms with E-state index in [4.69, 9.17) is 25.5 Å². The number of hydrogen-bond acceptors (Lipinski definition) is 3. The van der Waals surface area contributed by atoms with Crippen LogP contribution in [-0.4, -0.2) is 16.4 Å². The van der Waals surface area contributed by atoms with E-state index in [1.165, 1.54) is 0 Å². The number of rotatable bonds is 2. The summed E-state index contributed by atoms with van der Waals surface area (Å²) in [6.45, 7) is 3.39. The largest absolute Gasteiger partial charge is 0.503 e. The maximum Gasteiger partial charge on any atom is 0.503 e. The molecule has 0 aliphatic rings. The van der Waals surface area contributed by atoms with Gasteiger partial charge in [0.2, 0.25) is 0 Å². The molecular formula is C7H8N2O3. The quantitative estimate of drug-likeness (QED) is 0.607. The molecule has 0 aromatic carbocycles. The van der Waals surface area contributed by atoms with E-state index in [9.17, 15) is 0 Å². The van der Waals surface area contributed by atoms with Crippen LogP contribution in [0.1, 0.15) is 6.42 Å². The predicted octanol–water partition coefficient (Wildman–Crippen LogP) is 1.45. The fourth-order valence-corrected chi connectivity index (χ4v) is 0.301. The normalized spacial score (nSPS) is 6.92. The van der Waals surface area contributed by atoms with Gasteiger partial charge in [0.1, 0.15) is 5.92 Å². The summed E-state index contributed by atoms with van der Waals surface area (Å²) in [5.41, 5.74) is 0. The minimum absolute atomic E-state index is 0.465. The van der Waals surface area contributed by atoms with Crippen molar-refractivity contribution in [1.82, 2.24) is 0 Å². The number of hydrogen-bond donors (Lipinski definition) is 2. The third-order valence-electron chi connectivity index (χ3n) is 0.714. The van der Waals surface area contributed by atoms with Crippen molar-refractivity contribution in [2.75, 3.05) is 0 Å². The zero-order valence-electron chi connectivity index (χ0n) is 6.27. The first-order chi connectivity index (χ1) is 5.58. The molecule has 0 rings (SSSR count). The van der Waals surface area contributed by atoms with E-state index >= 15 is 0 Å². The first kappa shape index (κ1) is 12.6. The van der Waals surface area contributed by atoms with Gasteiger partial charge in [-0.25, -0.2) is 4.79 Å². The molecule has 0 fully saturated rings. The SMILES string of the molecule is C=CCC(C#N)C#N.O=C(O)O. The third-order valence-corrected chi connectivity index (χ3v) is 0.714. The first-order valence-electron chi connectivity index (χ1n) is 2.90. The van der Waals surface area contributed by atoms with Crippen LogP contribution in [0, 0.1) is 28.6 Å². The van der Waals surface area contributed by atoms with E-state index in [1.807, 2.05) is 12.1 Å². The van der Waals surface area contributed by atoms with Gasteiger partial charge in [-0.1, -0.05) is 6.08 Å². The highest BCUT2D eigenvalue weighted by Crippen LogP contribution is 1.97. The van der Waals surface area contributed by atoms with Crippen molar-refractivity contribution in [3.63, 3.8) is 0 Å². The summed E-state index contributed by atoms with van der Waals surface area (Å²) < 4.78 is 0. The summed E-state index contributed by atoms with van der Waals surface area (Å²) >= 11 is 0. The minimum Gasteiger partial charge on any atom is -0.450 e. The van der Waals surface area contributed by atoms with Crippen LogP contribution < -0.4 is 0 Å². The number of allylic oxidation sites excluding steroid dienone is 1. The molecular weight excluding hydrogens is 160 g/mol. The Bertz CT molecular complexity index is 206. The maximum atomic E-state index is 8.56. The molecule has 12 heavy (non-hydrogen) atoms. The van der Waals surface area contributed by atoms with Crippen molar-refractivity contribution in [3.8, 4) is 12.1 Å². The van der Waals surface area contributed by atoms with Crippen molar-refractivity contribution in [1.29, 1.82) is 10.5 Å². The van der Waals surface area contributed by atoms with Gasteiger partial charge in [0.25, 0.3) is 0 Å². The molecule has 5 heteroatoms. The van der Waals surface area contributed by atoms with E-state index in [-0.39, 0.29) is 0 Å². The Morgan fingerprint density at radius 3 is 1.92 bits per heavy atom. The van der Waals surface area contributed by atoms with Crippen molar-refractivity contribution in [2.24, 2.45) is 5.92 Å². The van der Waals surface area contributed by atoms with Crippen LogP contribution in [0.25, 0.3) is 0 Å². The molecule has 0 saturated carbocycles. The predicted molar refractivity (Wildman–Crippen MR) is 40.2 cm³/mol. The van der Waals surface area contributed by atoms with Gasteiger partial charge in [-0.3, -0.25) is 0 Å². The van der Waals surface area contributed by atoms with Crippen LogP contribution in [-0.2, 0) is 0 Å². The zero-order chi connectivity index (χ0) is 9.98. The molecule has 0 atom stereocenters. The van der Waals surface area contributed by atoms with Crippen molar-refractivity contribution >= 4 is 6.16 Å². The second-order valence-corrected chi connectivity index (χ2v) is 1.62. The van der Waals surface area contributed by atoms with Gasteiger partial charge in [0.15, 0.2) is 0 Å². The van der Waals surface area contributed by atoms with Gasteiger partial charge in [0, 0.05) is 0 Å². The molecule has 0 amide bonds. The summed E-state index contributed by atoms with van der Waals surface area (Å²) in [5, 5.41) is 30.2. The molecule has 0 saturated heterocycles. The van der Waals surface area contributed by atoms with E-state index in [2.05, 4.69) is 6.58 Å². The lowest BCUT2D eigenvalue weighted by Gasteiger charge is -1.86. The number of nitriles is 2. The van der Waals surface area contributed by atoms with Gasteiger partial charge in [-0.05, 0) is 6.42 Å². The molecule has 2 N–H and O–H groups in total. The Balaban J connectivity index is 0. The summed E-state index contributed by atoms with van der Waals surface area (Å²) in [7, 11) is 0. The monoisotopic (exact) mass is 168 g/mol. The van der Waals surface area contributed by atoms with Crippen LogP contribution in [0.4, 0.5) is 4.79 Å². The molecule has 0 aromatic rings. The molecule has 0 aliphatic carbocycles. The zero-order valence-corrected chi connectivity index (χ0v) is 6.27. The smallest absolute Gasteiger partial charge is 0.450 e. The molecule has 0 radical (unpaired) electrons. The highest BCUT2D eigenvalue weighted by Gasteiger charge is 1.98. The van der Waals surface area contributed by atoms with Crippen LogP contribution in [0.2, 0.25) is 0 Å². The topological polar surface area (TPSA) is 105 Å². The Morgan fingerprint density at radius 2 is 1.83 bits per heavy atom. The highest BCUT2D eigenvalue weighted by atomic mass is 16.6. The summed E-state index contributed by atoms with van der Waals surface area (Å²) in [6.07, 6.45) is 0.199. The van der Waals surface area contributed by atoms with Gasteiger partial charge >= 0.3 is 6.16 Å². The lowest BCUT2D eigenvalue weighted by molar-refractivity contribution is 0.137. The Labute approximate surface area is 69.8 Å². The standard InChI is InChI=1S/C6H6N2.CH2O3/c1-2-3-6(4-7)5-8;2-1(3)4/h2,6H,1,3H2;(H2,2,3,4). The van der Waals surface area contributed by atoms with Gasteiger partial charge in [0.05, 0.1) is 12.1 Å². The summed E-state index contributed by atoms with van der Waals surface area (Å²) in [5.74, 6) is -0.507. The Morgan fingerprint density at radius 1 is 1.50 bits per heavy atom. The molecule has 0 aliphatic heterocycles. The van der Waals surface area contributed by atoms with E-state index in [1.54, 1.807) is 6.08 Å². The second-order valence-electron chi connectivity index (χ2n) is 1.62. The maximum absolute atomic E-state index is 8.56. The molecule has 0 heterocycles. The van der Waals surface area contributed by atoms with Crippen molar-refractivity contribution < 1.29 is 15.0 Å². The molecule has 5 nitrogen and oxygen atoms in total. The van der Waals surface area contributed by atoms with Crippen LogP contribution >= 0.6 is 0 Å². The minimum atomic E-state index is -1.83. The fraction of sp³-hybridized carbons (Fsp3) is 0.286.